The van der Waals surface area contributed by atoms with Gasteiger partial charge in [-0.25, -0.2) is 8.42 Å². The molecule has 27 heavy (non-hydrogen) atoms. The van der Waals surface area contributed by atoms with Crippen LogP contribution in [0.2, 0.25) is 5.02 Å². The van der Waals surface area contributed by atoms with Gasteiger partial charge in [0.25, 0.3) is 10.0 Å². The van der Waals surface area contributed by atoms with Crippen molar-refractivity contribution in [3.05, 3.63) is 45.8 Å². The number of carbonyl (C=O) groups is 1. The van der Waals surface area contributed by atoms with Crippen molar-refractivity contribution in [2.75, 3.05) is 13.1 Å². The van der Waals surface area contributed by atoms with Crippen molar-refractivity contribution >= 4 is 38.9 Å². The SMILES string of the molecule is Cc1ccc(S(=O)(=O)N2CCCC(C(=O)Oc3ccc(C#N)cc3Cl)C2)s1. The van der Waals surface area contributed by atoms with Crippen molar-refractivity contribution < 1.29 is 17.9 Å². The van der Waals surface area contributed by atoms with E-state index in [1.54, 1.807) is 12.1 Å². The summed E-state index contributed by atoms with van der Waals surface area (Å²) in [6, 6.07) is 9.69. The van der Waals surface area contributed by atoms with Crippen LogP contribution in [0.4, 0.5) is 0 Å². The number of rotatable bonds is 4. The Balaban J connectivity index is 1.72. The van der Waals surface area contributed by atoms with Gasteiger partial charge in [-0.05, 0) is 50.1 Å². The highest BCUT2D eigenvalue weighted by molar-refractivity contribution is 7.91. The standard InChI is InChI=1S/C18H17ClN2O4S2/c1-12-4-7-17(26-12)27(23,24)21-8-2-3-14(11-21)18(22)25-16-6-5-13(10-20)9-15(16)19/h4-7,9,14H,2-3,8,11H2,1H3. The molecule has 1 saturated heterocycles. The van der Waals surface area contributed by atoms with Crippen LogP contribution < -0.4 is 4.74 Å². The molecule has 0 aliphatic carbocycles. The number of halogens is 1. The van der Waals surface area contributed by atoms with Crippen LogP contribution in [0, 0.1) is 24.2 Å². The molecule has 1 fully saturated rings. The second kappa shape index (κ2) is 7.98. The molecule has 1 atom stereocenters. The molecule has 3 rings (SSSR count). The van der Waals surface area contributed by atoms with Gasteiger partial charge in [0.05, 0.1) is 22.6 Å². The summed E-state index contributed by atoms with van der Waals surface area (Å²) in [6.07, 6.45) is 1.12. The van der Waals surface area contributed by atoms with Crippen LogP contribution in [0.3, 0.4) is 0 Å². The van der Waals surface area contributed by atoms with Gasteiger partial charge in [-0.15, -0.1) is 11.3 Å². The molecule has 0 N–H and O–H groups in total. The summed E-state index contributed by atoms with van der Waals surface area (Å²) in [4.78, 5) is 13.4. The number of benzene rings is 1. The molecule has 6 nitrogen and oxygen atoms in total. The zero-order valence-electron chi connectivity index (χ0n) is 14.5. The quantitative estimate of drug-likeness (QED) is 0.552. The second-order valence-corrected chi connectivity index (χ2v) is 10.1. The van der Waals surface area contributed by atoms with Crippen LogP contribution >= 0.6 is 22.9 Å². The Bertz CT molecular complexity index is 1010. The Labute approximate surface area is 167 Å². The molecule has 2 aromatic rings. The number of aryl methyl sites for hydroxylation is 1. The van der Waals surface area contributed by atoms with E-state index in [1.165, 1.54) is 33.8 Å². The molecule has 1 aromatic heterocycles. The maximum absolute atomic E-state index is 12.8. The Kier molecular flexibility index (Phi) is 5.86. The van der Waals surface area contributed by atoms with Gasteiger partial charge in [-0.3, -0.25) is 4.79 Å². The van der Waals surface area contributed by atoms with E-state index >= 15 is 0 Å². The predicted molar refractivity (Wildman–Crippen MR) is 102 cm³/mol. The molecule has 1 aromatic carbocycles. The lowest BCUT2D eigenvalue weighted by atomic mass is 10.00. The second-order valence-electron chi connectivity index (χ2n) is 6.25. The van der Waals surface area contributed by atoms with Crippen LogP contribution in [0.25, 0.3) is 0 Å². The van der Waals surface area contributed by atoms with Crippen LogP contribution in [-0.4, -0.2) is 31.8 Å². The average molecular weight is 425 g/mol. The molecule has 0 radical (unpaired) electrons. The lowest BCUT2D eigenvalue weighted by Crippen LogP contribution is -2.43. The summed E-state index contributed by atoms with van der Waals surface area (Å²) in [5.74, 6) is -0.931. The summed E-state index contributed by atoms with van der Waals surface area (Å²) in [6.45, 7) is 2.30. The van der Waals surface area contributed by atoms with Gasteiger partial charge in [0.2, 0.25) is 0 Å². The van der Waals surface area contributed by atoms with Crippen LogP contribution in [-0.2, 0) is 14.8 Å². The number of piperidine rings is 1. The van der Waals surface area contributed by atoms with E-state index in [0.717, 1.165) is 4.88 Å². The summed E-state index contributed by atoms with van der Waals surface area (Å²) in [5, 5.41) is 9.03. The van der Waals surface area contributed by atoms with Gasteiger partial charge in [0.15, 0.2) is 0 Å². The van der Waals surface area contributed by atoms with Gasteiger partial charge >= 0.3 is 5.97 Å². The van der Waals surface area contributed by atoms with Gasteiger partial charge in [0.1, 0.15) is 9.96 Å². The number of carbonyl (C=O) groups excluding carboxylic acids is 1. The molecule has 1 aliphatic heterocycles. The maximum Gasteiger partial charge on any atom is 0.315 e. The number of esters is 1. The minimum atomic E-state index is -3.62. The van der Waals surface area contributed by atoms with Crippen molar-refractivity contribution in [3.8, 4) is 11.8 Å². The van der Waals surface area contributed by atoms with Crippen LogP contribution in [0.1, 0.15) is 23.3 Å². The number of hydrogen-bond acceptors (Lipinski definition) is 6. The number of ether oxygens (including phenoxy) is 1. The van der Waals surface area contributed by atoms with Crippen molar-refractivity contribution in [1.82, 2.24) is 4.31 Å². The number of hydrogen-bond donors (Lipinski definition) is 0. The van der Waals surface area contributed by atoms with Crippen molar-refractivity contribution in [3.63, 3.8) is 0 Å². The highest BCUT2D eigenvalue weighted by Gasteiger charge is 2.35. The molecule has 9 heteroatoms. The molecule has 1 unspecified atom stereocenters. The summed E-state index contributed by atoms with van der Waals surface area (Å²) in [7, 11) is -3.62. The smallest absolute Gasteiger partial charge is 0.315 e. The first-order chi connectivity index (χ1) is 12.8. The van der Waals surface area contributed by atoms with Crippen LogP contribution in [0.15, 0.2) is 34.5 Å². The zero-order chi connectivity index (χ0) is 19.6. The average Bonchev–Trinajstić information content (AvgIpc) is 3.10. The fourth-order valence-corrected chi connectivity index (χ4v) is 6.06. The van der Waals surface area contributed by atoms with E-state index in [9.17, 15) is 13.2 Å². The Hall–Kier alpha value is -1.92. The van der Waals surface area contributed by atoms with Gasteiger partial charge in [-0.2, -0.15) is 9.57 Å². The molecule has 0 saturated carbocycles. The molecule has 142 valence electrons. The summed E-state index contributed by atoms with van der Waals surface area (Å²) < 4.78 is 32.5. The van der Waals surface area contributed by atoms with E-state index < -0.39 is 21.9 Å². The molecule has 0 bridgehead atoms. The first kappa shape index (κ1) is 19.8. The molecule has 1 aliphatic rings. The van der Waals surface area contributed by atoms with Crippen molar-refractivity contribution in [1.29, 1.82) is 5.26 Å². The molecular weight excluding hydrogens is 408 g/mol. The summed E-state index contributed by atoms with van der Waals surface area (Å²) in [5.41, 5.74) is 0.362. The third-order valence-electron chi connectivity index (χ3n) is 4.30. The number of nitriles is 1. The lowest BCUT2D eigenvalue weighted by molar-refractivity contribution is -0.140. The largest absolute Gasteiger partial charge is 0.425 e. The minimum absolute atomic E-state index is 0.0754. The Morgan fingerprint density at radius 2 is 2.15 bits per heavy atom. The molecule has 2 heterocycles. The van der Waals surface area contributed by atoms with Crippen LogP contribution in [0.5, 0.6) is 5.75 Å². The normalized spacial score (nSPS) is 18.0. The van der Waals surface area contributed by atoms with Crippen molar-refractivity contribution in [2.45, 2.75) is 24.0 Å². The number of thiophene rings is 1. The fourth-order valence-electron chi connectivity index (χ4n) is 2.88. The topological polar surface area (TPSA) is 87.5 Å². The third kappa shape index (κ3) is 4.33. The number of nitrogens with zero attached hydrogens (tertiary/aromatic N) is 2. The summed E-state index contributed by atoms with van der Waals surface area (Å²) >= 11 is 7.26. The van der Waals surface area contributed by atoms with E-state index in [4.69, 9.17) is 21.6 Å². The van der Waals surface area contributed by atoms with E-state index in [-0.39, 0.29) is 21.5 Å². The highest BCUT2D eigenvalue weighted by atomic mass is 35.5. The molecular formula is C18H17ClN2O4S2. The van der Waals surface area contributed by atoms with E-state index in [2.05, 4.69) is 0 Å². The monoisotopic (exact) mass is 424 g/mol. The van der Waals surface area contributed by atoms with Gasteiger partial charge in [0, 0.05) is 18.0 Å². The van der Waals surface area contributed by atoms with E-state index in [0.29, 0.717) is 24.9 Å². The number of sulfonamides is 1. The Morgan fingerprint density at radius 1 is 1.37 bits per heavy atom. The first-order valence-corrected chi connectivity index (χ1v) is 10.9. The fraction of sp³-hybridized carbons (Fsp3) is 0.333. The molecule has 0 spiro atoms. The predicted octanol–water partition coefficient (Wildman–Crippen LogP) is 3.59. The van der Waals surface area contributed by atoms with E-state index in [1.807, 2.05) is 13.0 Å². The van der Waals surface area contributed by atoms with Gasteiger partial charge < -0.3 is 4.74 Å². The molecule has 0 amide bonds. The first-order valence-electron chi connectivity index (χ1n) is 8.29. The lowest BCUT2D eigenvalue weighted by Gasteiger charge is -2.30. The van der Waals surface area contributed by atoms with Crippen molar-refractivity contribution in [2.24, 2.45) is 5.92 Å². The highest BCUT2D eigenvalue weighted by Crippen LogP contribution is 2.30. The zero-order valence-corrected chi connectivity index (χ0v) is 16.9. The third-order valence-corrected chi connectivity index (χ3v) is 7.93. The minimum Gasteiger partial charge on any atom is -0.425 e. The van der Waals surface area contributed by atoms with Gasteiger partial charge in [-0.1, -0.05) is 11.6 Å². The Morgan fingerprint density at radius 3 is 2.78 bits per heavy atom. The maximum atomic E-state index is 12.8.